The Bertz CT molecular complexity index is 1460. The first-order valence-corrected chi connectivity index (χ1v) is 12.3. The van der Waals surface area contributed by atoms with E-state index >= 15 is 0 Å². The Morgan fingerprint density at radius 2 is 1.29 bits per heavy atom. The maximum absolute atomic E-state index is 13.4. The summed E-state index contributed by atoms with van der Waals surface area (Å²) < 4.78 is 1.63. The summed E-state index contributed by atoms with van der Waals surface area (Å²) in [5, 5.41) is 1.13. The van der Waals surface area contributed by atoms with E-state index in [1.165, 1.54) is 11.8 Å². The molecule has 0 saturated carbocycles. The lowest BCUT2D eigenvalue weighted by molar-refractivity contribution is -0.117. The summed E-state index contributed by atoms with van der Waals surface area (Å²) in [5.41, 5.74) is 2.91. The predicted octanol–water partition coefficient (Wildman–Crippen LogP) is 6.23. The molecule has 0 saturated heterocycles. The van der Waals surface area contributed by atoms with Crippen LogP contribution in [0, 0.1) is 0 Å². The fourth-order valence-corrected chi connectivity index (χ4v) is 4.89. The van der Waals surface area contributed by atoms with E-state index in [1.54, 1.807) is 15.5 Å². The fraction of sp³-hybridized carbons (Fsp3) is 0.0690. The van der Waals surface area contributed by atoms with Gasteiger partial charge in [0.15, 0.2) is 5.16 Å². The van der Waals surface area contributed by atoms with Crippen LogP contribution in [-0.2, 0) is 4.79 Å². The lowest BCUT2D eigenvalue weighted by Gasteiger charge is -2.23. The van der Waals surface area contributed by atoms with Gasteiger partial charge in [0.25, 0.3) is 5.56 Å². The molecule has 0 fully saturated rings. The number of thioether (sulfide) groups is 1. The quantitative estimate of drug-likeness (QED) is 0.206. The first-order chi connectivity index (χ1) is 17.2. The van der Waals surface area contributed by atoms with Gasteiger partial charge in [-0.3, -0.25) is 19.1 Å². The molecule has 1 amide bonds. The van der Waals surface area contributed by atoms with Gasteiger partial charge in [-0.15, -0.1) is 0 Å². The molecule has 0 radical (unpaired) electrons. The largest absolute Gasteiger partial charge is 0.281 e. The smallest absolute Gasteiger partial charge is 0.266 e. The summed E-state index contributed by atoms with van der Waals surface area (Å²) >= 11 is 1.41. The van der Waals surface area contributed by atoms with Gasteiger partial charge in [-0.2, -0.15) is 0 Å². The van der Waals surface area contributed by atoms with Crippen LogP contribution in [-0.4, -0.2) is 21.2 Å². The molecular weight excluding hydrogens is 454 g/mol. The Kier molecular flexibility index (Phi) is 6.73. The van der Waals surface area contributed by atoms with Gasteiger partial charge >= 0.3 is 0 Å². The maximum Gasteiger partial charge on any atom is 0.266 e. The average molecular weight is 478 g/mol. The van der Waals surface area contributed by atoms with Crippen LogP contribution < -0.4 is 10.5 Å². The molecule has 0 aliphatic rings. The number of anilines is 2. The van der Waals surface area contributed by atoms with E-state index in [9.17, 15) is 9.59 Å². The number of benzene rings is 4. The van der Waals surface area contributed by atoms with Gasteiger partial charge < -0.3 is 0 Å². The maximum atomic E-state index is 13.4. The van der Waals surface area contributed by atoms with Crippen LogP contribution in [0.3, 0.4) is 0 Å². The van der Waals surface area contributed by atoms with Crippen molar-refractivity contribution >= 4 is 39.9 Å². The molecule has 4 aromatic carbocycles. The monoisotopic (exact) mass is 477 g/mol. The van der Waals surface area contributed by atoms with Crippen LogP contribution in [0.5, 0.6) is 0 Å². The molecule has 0 bridgehead atoms. The zero-order valence-corrected chi connectivity index (χ0v) is 19.8. The summed E-state index contributed by atoms with van der Waals surface area (Å²) in [7, 11) is 0. The number of para-hydroxylation sites is 4. The third-order valence-electron chi connectivity index (χ3n) is 5.58. The van der Waals surface area contributed by atoms with E-state index in [4.69, 9.17) is 4.98 Å². The standard InChI is InChI=1S/C29H23N3O2S/c33-27(31(22-12-4-1-5-13-22)23-14-6-2-7-15-23)20-21-35-29-30-26-19-11-10-18-25(26)28(34)32(29)24-16-8-3-9-17-24/h1-19H,20-21H2. The topological polar surface area (TPSA) is 55.2 Å². The molecule has 0 spiro atoms. The van der Waals surface area contributed by atoms with Gasteiger partial charge in [0.1, 0.15) is 0 Å². The van der Waals surface area contributed by atoms with E-state index in [-0.39, 0.29) is 17.9 Å². The normalized spacial score (nSPS) is 10.9. The summed E-state index contributed by atoms with van der Waals surface area (Å²) in [6.07, 6.45) is 0.284. The van der Waals surface area contributed by atoms with Gasteiger partial charge in [-0.05, 0) is 48.5 Å². The van der Waals surface area contributed by atoms with Gasteiger partial charge in [-0.1, -0.05) is 78.5 Å². The van der Waals surface area contributed by atoms with E-state index in [0.29, 0.717) is 21.8 Å². The lowest BCUT2D eigenvalue weighted by Crippen LogP contribution is -2.26. The number of carbonyl (C=O) groups is 1. The number of aromatic nitrogens is 2. The number of hydrogen-bond acceptors (Lipinski definition) is 4. The van der Waals surface area contributed by atoms with Crippen molar-refractivity contribution in [3.63, 3.8) is 0 Å². The van der Waals surface area contributed by atoms with E-state index < -0.39 is 0 Å². The number of nitrogens with zero attached hydrogens (tertiary/aromatic N) is 3. The summed E-state index contributed by atoms with van der Waals surface area (Å²) in [6, 6.07) is 36.1. The summed E-state index contributed by atoms with van der Waals surface area (Å²) in [4.78, 5) is 33.3. The Labute approximate surface area is 207 Å². The highest BCUT2D eigenvalue weighted by molar-refractivity contribution is 7.99. The van der Waals surface area contributed by atoms with Crippen LogP contribution in [0.1, 0.15) is 6.42 Å². The zero-order valence-electron chi connectivity index (χ0n) is 19.0. The second-order valence-corrected chi connectivity index (χ2v) is 8.95. The van der Waals surface area contributed by atoms with Gasteiger partial charge in [-0.25, -0.2) is 4.98 Å². The summed E-state index contributed by atoms with van der Waals surface area (Å²) in [5.74, 6) is 0.455. The second kappa shape index (κ2) is 10.4. The van der Waals surface area contributed by atoms with Crippen molar-refractivity contribution in [3.05, 3.63) is 126 Å². The van der Waals surface area contributed by atoms with Crippen molar-refractivity contribution in [2.75, 3.05) is 10.7 Å². The van der Waals surface area contributed by atoms with Gasteiger partial charge in [0.2, 0.25) is 5.91 Å². The van der Waals surface area contributed by atoms with Crippen molar-refractivity contribution in [2.45, 2.75) is 11.6 Å². The van der Waals surface area contributed by atoms with Gasteiger partial charge in [0, 0.05) is 23.5 Å². The fourth-order valence-electron chi connectivity index (χ4n) is 3.95. The van der Waals surface area contributed by atoms with Crippen molar-refractivity contribution in [1.82, 2.24) is 9.55 Å². The molecular formula is C29H23N3O2S. The van der Waals surface area contributed by atoms with Crippen LogP contribution in [0.15, 0.2) is 125 Å². The number of amides is 1. The molecule has 0 aliphatic heterocycles. The molecule has 0 unspecified atom stereocenters. The minimum Gasteiger partial charge on any atom is -0.281 e. The Hall–Kier alpha value is -4.16. The molecule has 172 valence electrons. The zero-order chi connectivity index (χ0) is 24.0. The van der Waals surface area contributed by atoms with Crippen LogP contribution >= 0.6 is 11.8 Å². The minimum absolute atomic E-state index is 0.0238. The molecule has 0 aliphatic carbocycles. The van der Waals surface area contributed by atoms with Crippen LogP contribution in [0.2, 0.25) is 0 Å². The van der Waals surface area contributed by atoms with E-state index in [0.717, 1.165) is 17.1 Å². The highest BCUT2D eigenvalue weighted by Crippen LogP contribution is 2.27. The van der Waals surface area contributed by atoms with Crippen LogP contribution in [0.25, 0.3) is 16.6 Å². The Morgan fingerprint density at radius 1 is 0.743 bits per heavy atom. The number of fused-ring (bicyclic) bond motifs is 1. The predicted molar refractivity (Wildman–Crippen MR) is 143 cm³/mol. The minimum atomic E-state index is -0.120. The van der Waals surface area contributed by atoms with Crippen molar-refractivity contribution in [1.29, 1.82) is 0 Å². The molecule has 0 atom stereocenters. The number of hydrogen-bond donors (Lipinski definition) is 0. The molecule has 1 aromatic heterocycles. The molecule has 0 N–H and O–H groups in total. The summed E-state index contributed by atoms with van der Waals surface area (Å²) in [6.45, 7) is 0. The third kappa shape index (κ3) is 4.88. The highest BCUT2D eigenvalue weighted by Gasteiger charge is 2.19. The SMILES string of the molecule is O=C(CCSc1nc2ccccc2c(=O)n1-c1ccccc1)N(c1ccccc1)c1ccccc1. The molecule has 5 aromatic rings. The molecule has 5 nitrogen and oxygen atoms in total. The lowest BCUT2D eigenvalue weighted by atomic mass is 10.2. The van der Waals surface area contributed by atoms with E-state index in [2.05, 4.69) is 0 Å². The Morgan fingerprint density at radius 3 is 1.91 bits per heavy atom. The third-order valence-corrected chi connectivity index (χ3v) is 6.52. The van der Waals surface area contributed by atoms with Crippen molar-refractivity contribution < 1.29 is 4.79 Å². The molecule has 1 heterocycles. The second-order valence-electron chi connectivity index (χ2n) is 7.89. The average Bonchev–Trinajstić information content (AvgIpc) is 2.91. The first kappa shape index (κ1) is 22.6. The number of rotatable bonds is 7. The molecule has 6 heteroatoms. The van der Waals surface area contributed by atoms with Crippen LogP contribution in [0.4, 0.5) is 11.4 Å². The van der Waals surface area contributed by atoms with Gasteiger partial charge in [0.05, 0.1) is 16.6 Å². The van der Waals surface area contributed by atoms with E-state index in [1.807, 2.05) is 109 Å². The van der Waals surface area contributed by atoms with Crippen molar-refractivity contribution in [2.24, 2.45) is 0 Å². The van der Waals surface area contributed by atoms with Crippen molar-refractivity contribution in [3.8, 4) is 5.69 Å². The molecule has 5 rings (SSSR count). The first-order valence-electron chi connectivity index (χ1n) is 11.4. The Balaban J connectivity index is 1.43. The molecule has 35 heavy (non-hydrogen) atoms. The number of carbonyl (C=O) groups excluding carboxylic acids is 1. The highest BCUT2D eigenvalue weighted by atomic mass is 32.2.